The minimum atomic E-state index is -0.0198. The monoisotopic (exact) mass is 235 g/mol. The molecule has 17 heavy (non-hydrogen) atoms. The summed E-state index contributed by atoms with van der Waals surface area (Å²) in [6.45, 7) is 4.85. The van der Waals surface area contributed by atoms with Gasteiger partial charge in [-0.25, -0.2) is 0 Å². The first kappa shape index (κ1) is 12.4. The molecule has 0 radical (unpaired) electrons. The van der Waals surface area contributed by atoms with Crippen LogP contribution >= 0.6 is 0 Å². The molecule has 0 heterocycles. The van der Waals surface area contributed by atoms with E-state index >= 15 is 0 Å². The minimum Gasteiger partial charge on any atom is -0.507 e. The number of rotatable bonds is 5. The summed E-state index contributed by atoms with van der Waals surface area (Å²) in [5.41, 5.74) is 2.79. The van der Waals surface area contributed by atoms with Gasteiger partial charge in [0.15, 0.2) is 0 Å². The predicted octanol–water partition coefficient (Wildman–Crippen LogP) is 2.04. The summed E-state index contributed by atoms with van der Waals surface area (Å²) in [4.78, 5) is 0. The zero-order chi connectivity index (χ0) is 12.4. The molecule has 1 atom stereocenters. The van der Waals surface area contributed by atoms with Crippen LogP contribution in [0.2, 0.25) is 0 Å². The second-order valence-electron chi connectivity index (χ2n) is 5.09. The average molecular weight is 235 g/mol. The molecular formula is C14H21NO2. The highest BCUT2D eigenvalue weighted by Crippen LogP contribution is 2.30. The average Bonchev–Trinajstić information content (AvgIpc) is 3.10. The molecule has 0 bridgehead atoms. The molecule has 3 nitrogen and oxygen atoms in total. The van der Waals surface area contributed by atoms with Crippen molar-refractivity contribution >= 4 is 0 Å². The van der Waals surface area contributed by atoms with E-state index in [1.54, 1.807) is 0 Å². The number of hydrogen-bond donors (Lipinski definition) is 3. The summed E-state index contributed by atoms with van der Waals surface area (Å²) in [5, 5.41) is 22.6. The van der Waals surface area contributed by atoms with Gasteiger partial charge >= 0.3 is 0 Å². The SMILES string of the molecule is Cc1cc(C(CO)NCC2CC2)cc(C)c1O. The van der Waals surface area contributed by atoms with Crippen LogP contribution in [-0.2, 0) is 0 Å². The largest absolute Gasteiger partial charge is 0.507 e. The van der Waals surface area contributed by atoms with Crippen LogP contribution in [0.15, 0.2) is 12.1 Å². The molecule has 1 unspecified atom stereocenters. The number of aromatic hydroxyl groups is 1. The maximum absolute atomic E-state index is 9.73. The van der Waals surface area contributed by atoms with Gasteiger partial charge in [-0.15, -0.1) is 0 Å². The van der Waals surface area contributed by atoms with Crippen LogP contribution in [0.1, 0.15) is 35.6 Å². The molecule has 1 aromatic carbocycles. The minimum absolute atomic E-state index is 0.0198. The molecule has 1 aliphatic rings. The zero-order valence-electron chi connectivity index (χ0n) is 10.5. The van der Waals surface area contributed by atoms with Crippen LogP contribution in [0.3, 0.4) is 0 Å². The third kappa shape index (κ3) is 2.99. The van der Waals surface area contributed by atoms with E-state index in [0.717, 1.165) is 29.2 Å². The number of phenols is 1. The zero-order valence-corrected chi connectivity index (χ0v) is 10.5. The van der Waals surface area contributed by atoms with Crippen LogP contribution < -0.4 is 5.32 Å². The quantitative estimate of drug-likeness (QED) is 0.732. The van der Waals surface area contributed by atoms with Crippen molar-refractivity contribution in [2.24, 2.45) is 5.92 Å². The second-order valence-corrected chi connectivity index (χ2v) is 5.09. The van der Waals surface area contributed by atoms with Gasteiger partial charge in [0, 0.05) is 0 Å². The van der Waals surface area contributed by atoms with E-state index < -0.39 is 0 Å². The van der Waals surface area contributed by atoms with Gasteiger partial charge in [-0.3, -0.25) is 0 Å². The highest BCUT2D eigenvalue weighted by molar-refractivity contribution is 5.43. The Morgan fingerprint density at radius 3 is 2.35 bits per heavy atom. The van der Waals surface area contributed by atoms with Crippen LogP contribution in [0.4, 0.5) is 0 Å². The summed E-state index contributed by atoms with van der Waals surface area (Å²) in [6, 6.07) is 3.88. The maximum Gasteiger partial charge on any atom is 0.121 e. The van der Waals surface area contributed by atoms with Gasteiger partial charge in [0.2, 0.25) is 0 Å². The molecular weight excluding hydrogens is 214 g/mol. The fourth-order valence-corrected chi connectivity index (χ4v) is 2.11. The Morgan fingerprint density at radius 1 is 1.29 bits per heavy atom. The summed E-state index contributed by atoms with van der Waals surface area (Å²) in [7, 11) is 0. The first-order chi connectivity index (χ1) is 8.11. The smallest absolute Gasteiger partial charge is 0.121 e. The number of benzene rings is 1. The van der Waals surface area contributed by atoms with E-state index in [0.29, 0.717) is 5.75 Å². The number of nitrogens with one attached hydrogen (secondary N) is 1. The fraction of sp³-hybridized carbons (Fsp3) is 0.571. The van der Waals surface area contributed by atoms with E-state index in [9.17, 15) is 10.2 Å². The lowest BCUT2D eigenvalue weighted by Gasteiger charge is -2.18. The molecule has 3 N–H and O–H groups in total. The van der Waals surface area contributed by atoms with Crippen LogP contribution in [0.5, 0.6) is 5.75 Å². The van der Waals surface area contributed by atoms with Crippen molar-refractivity contribution in [2.45, 2.75) is 32.7 Å². The molecule has 2 rings (SSSR count). The van der Waals surface area contributed by atoms with E-state index in [4.69, 9.17) is 0 Å². The Balaban J connectivity index is 2.11. The van der Waals surface area contributed by atoms with Crippen molar-refractivity contribution in [3.63, 3.8) is 0 Å². The van der Waals surface area contributed by atoms with E-state index in [-0.39, 0.29) is 12.6 Å². The predicted molar refractivity (Wildman–Crippen MR) is 68.1 cm³/mol. The third-order valence-corrected chi connectivity index (χ3v) is 3.45. The molecule has 94 valence electrons. The van der Waals surface area contributed by atoms with Gasteiger partial charge in [0.1, 0.15) is 5.75 Å². The van der Waals surface area contributed by atoms with E-state index in [1.807, 2.05) is 26.0 Å². The Hall–Kier alpha value is -1.06. The maximum atomic E-state index is 9.73. The third-order valence-electron chi connectivity index (χ3n) is 3.45. The highest BCUT2D eigenvalue weighted by Gasteiger charge is 2.22. The first-order valence-electron chi connectivity index (χ1n) is 6.26. The molecule has 0 aromatic heterocycles. The van der Waals surface area contributed by atoms with Crippen molar-refractivity contribution in [3.05, 3.63) is 28.8 Å². The fourth-order valence-electron chi connectivity index (χ4n) is 2.11. The lowest BCUT2D eigenvalue weighted by molar-refractivity contribution is 0.243. The number of aryl methyl sites for hydroxylation is 2. The summed E-state index contributed by atoms with van der Waals surface area (Å²) >= 11 is 0. The van der Waals surface area contributed by atoms with Gasteiger partial charge < -0.3 is 15.5 Å². The Kier molecular flexibility index (Phi) is 3.69. The Morgan fingerprint density at radius 2 is 1.88 bits per heavy atom. The summed E-state index contributed by atoms with van der Waals surface area (Å²) in [5.74, 6) is 1.15. The Bertz CT molecular complexity index is 376. The van der Waals surface area contributed by atoms with Crippen molar-refractivity contribution in [1.82, 2.24) is 5.32 Å². The van der Waals surface area contributed by atoms with E-state index in [2.05, 4.69) is 5.32 Å². The summed E-state index contributed by atoms with van der Waals surface area (Å²) < 4.78 is 0. The van der Waals surface area contributed by atoms with Crippen molar-refractivity contribution in [3.8, 4) is 5.75 Å². The molecule has 1 aromatic rings. The number of aliphatic hydroxyl groups is 1. The van der Waals surface area contributed by atoms with Gasteiger partial charge in [-0.2, -0.15) is 0 Å². The van der Waals surface area contributed by atoms with Crippen molar-refractivity contribution in [1.29, 1.82) is 0 Å². The molecule has 0 saturated heterocycles. The lowest BCUT2D eigenvalue weighted by Crippen LogP contribution is -2.26. The van der Waals surface area contributed by atoms with E-state index in [1.165, 1.54) is 12.8 Å². The van der Waals surface area contributed by atoms with Gasteiger partial charge in [-0.1, -0.05) is 12.1 Å². The van der Waals surface area contributed by atoms with Gasteiger partial charge in [0.05, 0.1) is 12.6 Å². The molecule has 0 aliphatic heterocycles. The molecule has 0 spiro atoms. The number of phenolic OH excluding ortho intramolecular Hbond substituents is 1. The molecule has 3 heteroatoms. The van der Waals surface area contributed by atoms with Crippen LogP contribution in [0, 0.1) is 19.8 Å². The molecule has 1 fully saturated rings. The summed E-state index contributed by atoms with van der Waals surface area (Å²) in [6.07, 6.45) is 2.61. The molecule has 1 saturated carbocycles. The second kappa shape index (κ2) is 5.07. The standard InChI is InChI=1S/C14H21NO2/c1-9-5-12(6-10(2)14(9)17)13(8-16)15-7-11-3-4-11/h5-6,11,13,15-17H,3-4,7-8H2,1-2H3. The molecule has 0 amide bonds. The lowest BCUT2D eigenvalue weighted by atomic mass is 10.0. The first-order valence-corrected chi connectivity index (χ1v) is 6.26. The van der Waals surface area contributed by atoms with Crippen molar-refractivity contribution < 1.29 is 10.2 Å². The molecule has 1 aliphatic carbocycles. The normalized spacial score (nSPS) is 17.1. The van der Waals surface area contributed by atoms with Crippen LogP contribution in [-0.4, -0.2) is 23.4 Å². The van der Waals surface area contributed by atoms with Gasteiger partial charge in [-0.05, 0) is 55.8 Å². The Labute approximate surface area is 102 Å². The highest BCUT2D eigenvalue weighted by atomic mass is 16.3. The van der Waals surface area contributed by atoms with Crippen molar-refractivity contribution in [2.75, 3.05) is 13.2 Å². The van der Waals surface area contributed by atoms with Crippen LogP contribution in [0.25, 0.3) is 0 Å². The number of aliphatic hydroxyl groups excluding tert-OH is 1. The number of hydrogen-bond acceptors (Lipinski definition) is 3. The van der Waals surface area contributed by atoms with Gasteiger partial charge in [0.25, 0.3) is 0 Å². The topological polar surface area (TPSA) is 52.5 Å².